The number of hydrogen-bond acceptors (Lipinski definition) is 5. The van der Waals surface area contributed by atoms with Gasteiger partial charge >= 0.3 is 0 Å². The molecule has 1 aliphatic rings. The maximum Gasteiger partial charge on any atom is 0.249 e. The summed E-state index contributed by atoms with van der Waals surface area (Å²) in [4.78, 5) is 19.1. The molecule has 2 aromatic heterocycles. The lowest BCUT2D eigenvalue weighted by atomic mass is 10.0. The lowest BCUT2D eigenvalue weighted by Gasteiger charge is -2.17. The lowest BCUT2D eigenvalue weighted by molar-refractivity contribution is -0.117. The SMILES string of the molecule is CC(C)C(NC(=O)/C=C/c1ccc(-c2ccccc2)s1)c1nc(C2CC2)no1. The first kappa shape index (κ1) is 18.6. The van der Waals surface area contributed by atoms with Crippen LogP contribution in [0.5, 0.6) is 0 Å². The molecule has 0 bridgehead atoms. The van der Waals surface area contributed by atoms with E-state index < -0.39 is 0 Å². The van der Waals surface area contributed by atoms with Gasteiger partial charge in [-0.3, -0.25) is 4.79 Å². The topological polar surface area (TPSA) is 68.0 Å². The smallest absolute Gasteiger partial charge is 0.249 e. The minimum atomic E-state index is -0.291. The highest BCUT2D eigenvalue weighted by Gasteiger charge is 2.31. The van der Waals surface area contributed by atoms with Gasteiger partial charge in [-0.15, -0.1) is 11.3 Å². The highest BCUT2D eigenvalue weighted by Crippen LogP contribution is 2.38. The number of nitrogens with zero attached hydrogens (tertiary/aromatic N) is 2. The third-order valence-electron chi connectivity index (χ3n) is 4.71. The van der Waals surface area contributed by atoms with Crippen LogP contribution in [0.1, 0.15) is 55.2 Å². The predicted molar refractivity (Wildman–Crippen MR) is 111 cm³/mol. The molecule has 0 aliphatic heterocycles. The lowest BCUT2D eigenvalue weighted by Crippen LogP contribution is -2.30. The zero-order valence-corrected chi connectivity index (χ0v) is 16.8. The molecule has 1 fully saturated rings. The molecule has 0 spiro atoms. The van der Waals surface area contributed by atoms with E-state index in [2.05, 4.69) is 33.7 Å². The summed E-state index contributed by atoms with van der Waals surface area (Å²) in [6, 6.07) is 14.0. The fourth-order valence-corrected chi connectivity index (χ4v) is 3.87. The van der Waals surface area contributed by atoms with E-state index in [1.165, 1.54) is 10.4 Å². The Kier molecular flexibility index (Phi) is 5.39. The molecule has 0 saturated heterocycles. The molecule has 1 aromatic carbocycles. The van der Waals surface area contributed by atoms with Gasteiger partial charge in [0.1, 0.15) is 6.04 Å². The monoisotopic (exact) mass is 393 g/mol. The van der Waals surface area contributed by atoms with Crippen molar-refractivity contribution in [2.75, 3.05) is 0 Å². The van der Waals surface area contributed by atoms with Gasteiger partial charge in [0.05, 0.1) is 0 Å². The summed E-state index contributed by atoms with van der Waals surface area (Å²) in [6.45, 7) is 4.06. The second-order valence-electron chi connectivity index (χ2n) is 7.40. The van der Waals surface area contributed by atoms with E-state index in [9.17, 15) is 4.79 Å². The molecule has 1 amide bonds. The Morgan fingerprint density at radius 3 is 2.71 bits per heavy atom. The number of benzene rings is 1. The Hall–Kier alpha value is -2.73. The molecule has 1 N–H and O–H groups in total. The quantitative estimate of drug-likeness (QED) is 0.560. The van der Waals surface area contributed by atoms with E-state index in [1.54, 1.807) is 17.4 Å². The summed E-state index contributed by atoms with van der Waals surface area (Å²) < 4.78 is 5.41. The van der Waals surface area contributed by atoms with Crippen LogP contribution in [-0.4, -0.2) is 16.0 Å². The van der Waals surface area contributed by atoms with Crippen LogP contribution in [0.15, 0.2) is 53.1 Å². The molecule has 144 valence electrons. The molecule has 3 aromatic rings. The van der Waals surface area contributed by atoms with Crippen molar-refractivity contribution < 1.29 is 9.32 Å². The molecule has 0 radical (unpaired) electrons. The van der Waals surface area contributed by atoms with E-state index in [0.29, 0.717) is 11.8 Å². The molecule has 1 saturated carbocycles. The van der Waals surface area contributed by atoms with Crippen molar-refractivity contribution >= 4 is 23.3 Å². The van der Waals surface area contributed by atoms with Gasteiger partial charge in [-0.1, -0.05) is 49.3 Å². The summed E-state index contributed by atoms with van der Waals surface area (Å²) in [7, 11) is 0. The van der Waals surface area contributed by atoms with Gasteiger partial charge in [0.15, 0.2) is 5.82 Å². The number of hydrogen-bond donors (Lipinski definition) is 1. The molecule has 6 heteroatoms. The summed E-state index contributed by atoms with van der Waals surface area (Å²) in [5.41, 5.74) is 1.18. The number of aromatic nitrogens is 2. The Balaban J connectivity index is 1.41. The minimum Gasteiger partial charge on any atom is -0.340 e. The molecule has 1 atom stereocenters. The summed E-state index contributed by atoms with van der Waals surface area (Å²) in [5.74, 6) is 1.66. The van der Waals surface area contributed by atoms with E-state index >= 15 is 0 Å². The minimum absolute atomic E-state index is 0.149. The maximum absolute atomic E-state index is 12.5. The number of amides is 1. The summed E-state index contributed by atoms with van der Waals surface area (Å²) in [5, 5.41) is 7.06. The summed E-state index contributed by atoms with van der Waals surface area (Å²) in [6.07, 6.45) is 5.64. The highest BCUT2D eigenvalue weighted by atomic mass is 32.1. The van der Waals surface area contributed by atoms with Gasteiger partial charge < -0.3 is 9.84 Å². The van der Waals surface area contributed by atoms with E-state index in [4.69, 9.17) is 4.52 Å². The first-order valence-electron chi connectivity index (χ1n) is 9.57. The van der Waals surface area contributed by atoms with Crippen molar-refractivity contribution in [2.24, 2.45) is 5.92 Å². The van der Waals surface area contributed by atoms with Gasteiger partial charge in [-0.05, 0) is 42.5 Å². The van der Waals surface area contributed by atoms with Crippen LogP contribution >= 0.6 is 11.3 Å². The van der Waals surface area contributed by atoms with Crippen molar-refractivity contribution in [3.8, 4) is 10.4 Å². The van der Waals surface area contributed by atoms with Crippen molar-refractivity contribution in [3.63, 3.8) is 0 Å². The van der Waals surface area contributed by atoms with Gasteiger partial charge in [0, 0.05) is 21.7 Å². The molecule has 1 aliphatic carbocycles. The van der Waals surface area contributed by atoms with Crippen molar-refractivity contribution in [1.82, 2.24) is 15.5 Å². The van der Waals surface area contributed by atoms with Crippen molar-refractivity contribution in [3.05, 3.63) is 65.1 Å². The average molecular weight is 394 g/mol. The fourth-order valence-electron chi connectivity index (χ4n) is 2.95. The largest absolute Gasteiger partial charge is 0.340 e. The predicted octanol–water partition coefficient (Wildman–Crippen LogP) is 5.20. The molecule has 2 heterocycles. The highest BCUT2D eigenvalue weighted by molar-refractivity contribution is 7.16. The molecular formula is C22H23N3O2S. The van der Waals surface area contributed by atoms with Crippen molar-refractivity contribution in [2.45, 2.75) is 38.6 Å². The molecule has 28 heavy (non-hydrogen) atoms. The van der Waals surface area contributed by atoms with E-state index in [1.807, 2.05) is 44.2 Å². The van der Waals surface area contributed by atoms with Crippen LogP contribution in [0.3, 0.4) is 0 Å². The van der Waals surface area contributed by atoms with Crippen LogP contribution in [0.25, 0.3) is 16.5 Å². The number of rotatable bonds is 7. The van der Waals surface area contributed by atoms with Crippen LogP contribution in [-0.2, 0) is 4.79 Å². The van der Waals surface area contributed by atoms with Gasteiger partial charge in [0.25, 0.3) is 0 Å². The number of carbonyl (C=O) groups excluding carboxylic acids is 1. The van der Waals surface area contributed by atoms with E-state index in [-0.39, 0.29) is 17.9 Å². The number of nitrogens with one attached hydrogen (secondary N) is 1. The normalized spacial score (nSPS) is 15.2. The zero-order valence-electron chi connectivity index (χ0n) is 16.0. The Bertz CT molecular complexity index is 971. The van der Waals surface area contributed by atoms with Gasteiger partial charge in [-0.2, -0.15) is 4.98 Å². The van der Waals surface area contributed by atoms with Crippen LogP contribution in [0.2, 0.25) is 0 Å². The number of thiophene rings is 1. The number of carbonyl (C=O) groups is 1. The van der Waals surface area contributed by atoms with Gasteiger partial charge in [-0.25, -0.2) is 0 Å². The van der Waals surface area contributed by atoms with E-state index in [0.717, 1.165) is 23.5 Å². The standard InChI is InChI=1S/C22H23N3O2S/c1-14(2)20(22-24-21(25-27-22)16-8-9-16)23-19(26)13-11-17-10-12-18(28-17)15-6-4-3-5-7-15/h3-7,10-14,16,20H,8-9H2,1-2H3,(H,23,26)/b13-11+. The first-order chi connectivity index (χ1) is 13.6. The second-order valence-corrected chi connectivity index (χ2v) is 8.51. The molecular weight excluding hydrogens is 370 g/mol. The van der Waals surface area contributed by atoms with Crippen molar-refractivity contribution in [1.29, 1.82) is 0 Å². The van der Waals surface area contributed by atoms with Crippen LogP contribution < -0.4 is 5.32 Å². The Morgan fingerprint density at radius 2 is 2.00 bits per heavy atom. The first-order valence-corrected chi connectivity index (χ1v) is 10.4. The van der Waals surface area contributed by atoms with Crippen LogP contribution in [0, 0.1) is 5.92 Å². The third kappa shape index (κ3) is 4.39. The summed E-state index contributed by atoms with van der Waals surface area (Å²) >= 11 is 1.66. The third-order valence-corrected chi connectivity index (χ3v) is 5.81. The molecule has 4 rings (SSSR count). The molecule has 1 unspecified atom stereocenters. The van der Waals surface area contributed by atoms with Crippen LogP contribution in [0.4, 0.5) is 0 Å². The van der Waals surface area contributed by atoms with Gasteiger partial charge in [0.2, 0.25) is 11.8 Å². The zero-order chi connectivity index (χ0) is 19.5. The maximum atomic E-state index is 12.5. The average Bonchev–Trinajstić information content (AvgIpc) is 3.25. The second kappa shape index (κ2) is 8.10. The Labute approximate surface area is 168 Å². The fraction of sp³-hybridized carbons (Fsp3) is 0.318. The molecule has 5 nitrogen and oxygen atoms in total. The Morgan fingerprint density at radius 1 is 1.21 bits per heavy atom.